The summed E-state index contributed by atoms with van der Waals surface area (Å²) in [4.78, 5) is 2.05. The maximum absolute atomic E-state index is 11.4. The molecule has 7 heteroatoms. The molecule has 20 heavy (non-hydrogen) atoms. The molecule has 0 spiro atoms. The van der Waals surface area contributed by atoms with Crippen molar-refractivity contribution in [3.8, 4) is 0 Å². The van der Waals surface area contributed by atoms with E-state index >= 15 is 0 Å². The molecule has 0 saturated carbocycles. The third-order valence-corrected chi connectivity index (χ3v) is 5.14. The Kier molecular flexibility index (Phi) is 5.04. The van der Waals surface area contributed by atoms with Crippen LogP contribution in [-0.2, 0) is 10.0 Å². The molecular formula is C13H19ClN2O3S. The van der Waals surface area contributed by atoms with Gasteiger partial charge in [0.1, 0.15) is 0 Å². The summed E-state index contributed by atoms with van der Waals surface area (Å²) in [6.45, 7) is 2.63. The molecule has 0 bridgehead atoms. The quantitative estimate of drug-likeness (QED) is 0.898. The van der Waals surface area contributed by atoms with E-state index < -0.39 is 16.1 Å². The molecule has 2 rings (SSSR count). The van der Waals surface area contributed by atoms with Gasteiger partial charge in [0.15, 0.2) is 0 Å². The first-order valence-electron chi connectivity index (χ1n) is 6.48. The molecular weight excluding hydrogens is 300 g/mol. The molecule has 1 heterocycles. The second-order valence-electron chi connectivity index (χ2n) is 5.00. The highest BCUT2D eigenvalue weighted by Gasteiger charge is 2.25. The molecule has 0 unspecified atom stereocenters. The number of aliphatic hydroxyl groups is 1. The Hall–Kier alpha value is -0.660. The highest BCUT2D eigenvalue weighted by molar-refractivity contribution is 7.88. The fourth-order valence-electron chi connectivity index (χ4n) is 2.33. The summed E-state index contributed by atoms with van der Waals surface area (Å²) < 4.78 is 24.3. The van der Waals surface area contributed by atoms with Crippen LogP contribution in [-0.4, -0.2) is 61.7 Å². The minimum Gasteiger partial charge on any atom is -0.387 e. The van der Waals surface area contributed by atoms with Gasteiger partial charge in [-0.3, -0.25) is 4.90 Å². The van der Waals surface area contributed by atoms with Crippen LogP contribution >= 0.6 is 11.6 Å². The first-order chi connectivity index (χ1) is 9.38. The van der Waals surface area contributed by atoms with Crippen molar-refractivity contribution in [1.82, 2.24) is 9.21 Å². The van der Waals surface area contributed by atoms with E-state index in [2.05, 4.69) is 4.90 Å². The van der Waals surface area contributed by atoms with E-state index in [1.54, 1.807) is 12.1 Å². The third kappa shape index (κ3) is 3.93. The molecule has 0 radical (unpaired) electrons. The third-order valence-electron chi connectivity index (χ3n) is 3.50. The van der Waals surface area contributed by atoms with Crippen molar-refractivity contribution in [3.05, 3.63) is 34.9 Å². The summed E-state index contributed by atoms with van der Waals surface area (Å²) in [5, 5.41) is 10.8. The van der Waals surface area contributed by atoms with Crippen LogP contribution in [0.5, 0.6) is 0 Å². The zero-order valence-corrected chi connectivity index (χ0v) is 12.9. The van der Waals surface area contributed by atoms with E-state index in [9.17, 15) is 13.5 Å². The van der Waals surface area contributed by atoms with Gasteiger partial charge in [0.25, 0.3) is 0 Å². The lowest BCUT2D eigenvalue weighted by molar-refractivity contribution is 0.0923. The number of benzene rings is 1. The largest absolute Gasteiger partial charge is 0.387 e. The number of halogens is 1. The van der Waals surface area contributed by atoms with Crippen molar-refractivity contribution in [2.75, 3.05) is 39.0 Å². The Morgan fingerprint density at radius 1 is 1.25 bits per heavy atom. The highest BCUT2D eigenvalue weighted by Crippen LogP contribution is 2.23. The predicted molar refractivity (Wildman–Crippen MR) is 79.3 cm³/mol. The maximum atomic E-state index is 11.4. The van der Waals surface area contributed by atoms with Crippen molar-refractivity contribution in [2.45, 2.75) is 6.10 Å². The Balaban J connectivity index is 1.91. The summed E-state index contributed by atoms with van der Waals surface area (Å²) in [5.41, 5.74) is 0.708. The van der Waals surface area contributed by atoms with Gasteiger partial charge in [0.05, 0.1) is 12.4 Å². The summed E-state index contributed by atoms with van der Waals surface area (Å²) in [6.07, 6.45) is 0.565. The second kappa shape index (κ2) is 6.41. The fourth-order valence-corrected chi connectivity index (χ4v) is 3.42. The van der Waals surface area contributed by atoms with E-state index in [4.69, 9.17) is 11.6 Å². The lowest BCUT2D eigenvalue weighted by atomic mass is 10.1. The van der Waals surface area contributed by atoms with Crippen LogP contribution in [0.2, 0.25) is 5.02 Å². The molecule has 1 fully saturated rings. The van der Waals surface area contributed by atoms with Crippen LogP contribution < -0.4 is 0 Å². The number of sulfonamides is 1. The molecule has 112 valence electrons. The lowest BCUT2D eigenvalue weighted by Gasteiger charge is -2.34. The minimum atomic E-state index is -3.11. The second-order valence-corrected chi connectivity index (χ2v) is 7.39. The van der Waals surface area contributed by atoms with Gasteiger partial charge in [-0.2, -0.15) is 4.31 Å². The van der Waals surface area contributed by atoms with Crippen LogP contribution in [0.15, 0.2) is 24.3 Å². The van der Waals surface area contributed by atoms with Crippen LogP contribution in [0.25, 0.3) is 0 Å². The number of β-amino-alcohol motifs (C(OH)–C–C–N with tert-alkyl or cyclic N) is 1. The lowest BCUT2D eigenvalue weighted by Crippen LogP contribution is -2.49. The van der Waals surface area contributed by atoms with Gasteiger partial charge in [-0.15, -0.1) is 0 Å². The average Bonchev–Trinajstić information content (AvgIpc) is 2.38. The van der Waals surface area contributed by atoms with Crippen LogP contribution in [0.3, 0.4) is 0 Å². The number of nitrogens with zero attached hydrogens (tertiary/aromatic N) is 2. The Morgan fingerprint density at radius 3 is 2.40 bits per heavy atom. The Morgan fingerprint density at radius 2 is 1.85 bits per heavy atom. The van der Waals surface area contributed by atoms with Crippen molar-refractivity contribution >= 4 is 21.6 Å². The normalized spacial score (nSPS) is 19.9. The average molecular weight is 319 g/mol. The van der Waals surface area contributed by atoms with Crippen LogP contribution in [0.1, 0.15) is 11.7 Å². The SMILES string of the molecule is CS(=O)(=O)N1CCN(C[C@@H](O)c2ccccc2Cl)CC1. The van der Waals surface area contributed by atoms with E-state index in [0.717, 1.165) is 0 Å². The number of hydrogen-bond donors (Lipinski definition) is 1. The number of hydrogen-bond acceptors (Lipinski definition) is 4. The molecule has 5 nitrogen and oxygen atoms in total. The molecule has 0 amide bonds. The van der Waals surface area contributed by atoms with Gasteiger partial charge in [0, 0.05) is 43.3 Å². The van der Waals surface area contributed by atoms with Crippen molar-refractivity contribution in [2.24, 2.45) is 0 Å². The van der Waals surface area contributed by atoms with Gasteiger partial charge in [0.2, 0.25) is 10.0 Å². The molecule has 1 aromatic rings. The van der Waals surface area contributed by atoms with Crippen LogP contribution in [0, 0.1) is 0 Å². The number of aliphatic hydroxyl groups excluding tert-OH is 1. The van der Waals surface area contributed by atoms with E-state index in [-0.39, 0.29) is 0 Å². The van der Waals surface area contributed by atoms with Gasteiger partial charge < -0.3 is 5.11 Å². The molecule has 0 aliphatic carbocycles. The van der Waals surface area contributed by atoms with Crippen molar-refractivity contribution in [3.63, 3.8) is 0 Å². The molecule has 1 saturated heterocycles. The minimum absolute atomic E-state index is 0.460. The predicted octanol–water partition coefficient (Wildman–Crippen LogP) is 0.951. The van der Waals surface area contributed by atoms with Gasteiger partial charge in [-0.05, 0) is 6.07 Å². The molecule has 0 aromatic heterocycles. The van der Waals surface area contributed by atoms with Crippen LogP contribution in [0.4, 0.5) is 0 Å². The molecule has 1 aromatic carbocycles. The highest BCUT2D eigenvalue weighted by atomic mass is 35.5. The molecule has 1 N–H and O–H groups in total. The van der Waals surface area contributed by atoms with E-state index in [1.165, 1.54) is 10.6 Å². The first-order valence-corrected chi connectivity index (χ1v) is 8.70. The first kappa shape index (κ1) is 15.7. The van der Waals surface area contributed by atoms with Gasteiger partial charge in [-0.1, -0.05) is 29.8 Å². The zero-order chi connectivity index (χ0) is 14.8. The summed E-state index contributed by atoms with van der Waals surface area (Å²) >= 11 is 6.05. The van der Waals surface area contributed by atoms with Gasteiger partial charge >= 0.3 is 0 Å². The van der Waals surface area contributed by atoms with E-state index in [0.29, 0.717) is 43.3 Å². The molecule has 1 aliphatic heterocycles. The summed E-state index contributed by atoms with van der Waals surface area (Å²) in [5.74, 6) is 0. The Labute approximate surface area is 124 Å². The molecule has 1 aliphatic rings. The monoisotopic (exact) mass is 318 g/mol. The fraction of sp³-hybridized carbons (Fsp3) is 0.538. The summed E-state index contributed by atoms with van der Waals surface area (Å²) in [7, 11) is -3.11. The Bertz CT molecular complexity index is 556. The van der Waals surface area contributed by atoms with E-state index in [1.807, 2.05) is 12.1 Å². The smallest absolute Gasteiger partial charge is 0.211 e. The zero-order valence-electron chi connectivity index (χ0n) is 11.4. The van der Waals surface area contributed by atoms with Crippen molar-refractivity contribution in [1.29, 1.82) is 0 Å². The standard InChI is InChI=1S/C13H19ClN2O3S/c1-20(18,19)16-8-6-15(7-9-16)10-13(17)11-4-2-3-5-12(11)14/h2-5,13,17H,6-10H2,1H3/t13-/m1/s1. The topological polar surface area (TPSA) is 60.9 Å². The maximum Gasteiger partial charge on any atom is 0.211 e. The van der Waals surface area contributed by atoms with Gasteiger partial charge in [-0.25, -0.2) is 8.42 Å². The van der Waals surface area contributed by atoms with Crippen molar-refractivity contribution < 1.29 is 13.5 Å². The molecule has 1 atom stereocenters. The number of rotatable bonds is 4. The number of piperazine rings is 1. The summed E-state index contributed by atoms with van der Waals surface area (Å²) in [6, 6.07) is 7.22.